The Morgan fingerprint density at radius 3 is 2.88 bits per heavy atom. The lowest BCUT2D eigenvalue weighted by molar-refractivity contribution is 0.0692. The first-order valence-electron chi connectivity index (χ1n) is 4.20. The first-order chi connectivity index (χ1) is 7.66. The van der Waals surface area contributed by atoms with E-state index in [0.717, 1.165) is 16.8 Å². The van der Waals surface area contributed by atoms with E-state index in [1.165, 1.54) is 23.6 Å². The summed E-state index contributed by atoms with van der Waals surface area (Å²) in [6.07, 6.45) is 1.35. The summed E-state index contributed by atoms with van der Waals surface area (Å²) in [4.78, 5) is 10.9. The van der Waals surface area contributed by atoms with Crippen LogP contribution in [-0.2, 0) is 0 Å². The summed E-state index contributed by atoms with van der Waals surface area (Å²) in [5.41, 5.74) is 0.118. The van der Waals surface area contributed by atoms with Crippen molar-refractivity contribution in [1.82, 2.24) is 20.4 Å². The van der Waals surface area contributed by atoms with Gasteiger partial charge in [0.15, 0.2) is 4.34 Å². The summed E-state index contributed by atoms with van der Waals surface area (Å²) >= 11 is 2.54. The third kappa shape index (κ3) is 2.34. The molecule has 2 aromatic rings. The highest BCUT2D eigenvalue weighted by Crippen LogP contribution is 2.30. The molecule has 0 spiro atoms. The Morgan fingerprint density at radius 2 is 2.25 bits per heavy atom. The number of aryl methyl sites for hydroxylation is 1. The van der Waals surface area contributed by atoms with Crippen LogP contribution in [-0.4, -0.2) is 31.5 Å². The zero-order valence-corrected chi connectivity index (χ0v) is 9.75. The molecular formula is C8H6N4O2S2. The summed E-state index contributed by atoms with van der Waals surface area (Å²) in [7, 11) is 0. The molecular weight excluding hydrogens is 248 g/mol. The minimum absolute atomic E-state index is 0.118. The summed E-state index contributed by atoms with van der Waals surface area (Å²) in [5, 5.41) is 25.2. The van der Waals surface area contributed by atoms with Crippen molar-refractivity contribution < 1.29 is 9.90 Å². The zero-order chi connectivity index (χ0) is 11.5. The van der Waals surface area contributed by atoms with Crippen LogP contribution in [0.1, 0.15) is 15.4 Å². The van der Waals surface area contributed by atoms with Gasteiger partial charge in [-0.1, -0.05) is 11.3 Å². The summed E-state index contributed by atoms with van der Waals surface area (Å²) in [6.45, 7) is 1.83. The first-order valence-corrected chi connectivity index (χ1v) is 5.83. The van der Waals surface area contributed by atoms with E-state index in [9.17, 15) is 4.79 Å². The molecule has 0 aliphatic heterocycles. The average Bonchev–Trinajstić information content (AvgIpc) is 2.64. The van der Waals surface area contributed by atoms with Crippen LogP contribution in [0.5, 0.6) is 0 Å². The summed E-state index contributed by atoms with van der Waals surface area (Å²) < 4.78 is 0.653. The van der Waals surface area contributed by atoms with Crippen molar-refractivity contribution >= 4 is 29.1 Å². The van der Waals surface area contributed by atoms with E-state index in [4.69, 9.17) is 5.11 Å². The summed E-state index contributed by atoms with van der Waals surface area (Å²) in [5.74, 6) is -1.03. The van der Waals surface area contributed by atoms with Gasteiger partial charge in [0, 0.05) is 0 Å². The minimum Gasteiger partial charge on any atom is -0.478 e. The molecule has 0 atom stereocenters. The van der Waals surface area contributed by atoms with Crippen molar-refractivity contribution in [3.05, 3.63) is 22.8 Å². The molecule has 0 fully saturated rings. The second-order valence-corrected chi connectivity index (χ2v) is 5.16. The maximum absolute atomic E-state index is 10.9. The molecule has 0 aliphatic rings. The number of carboxylic acid groups (broad SMARTS) is 1. The molecule has 82 valence electrons. The first kappa shape index (κ1) is 11.0. The standard InChI is InChI=1S/C8H6N4O2S2/c1-4-10-12-8(15-4)16-6-5(7(13)14)2-3-9-11-6/h2-3H,1H3,(H,13,14). The third-order valence-corrected chi connectivity index (χ3v) is 3.49. The maximum Gasteiger partial charge on any atom is 0.338 e. The van der Waals surface area contributed by atoms with Gasteiger partial charge in [0.1, 0.15) is 10.0 Å². The molecule has 0 unspecified atom stereocenters. The van der Waals surface area contributed by atoms with Gasteiger partial charge in [0.2, 0.25) is 0 Å². The second kappa shape index (κ2) is 4.54. The van der Waals surface area contributed by atoms with E-state index in [1.54, 1.807) is 0 Å². The van der Waals surface area contributed by atoms with Crippen LogP contribution in [0, 0.1) is 6.92 Å². The van der Waals surface area contributed by atoms with E-state index in [-0.39, 0.29) is 5.56 Å². The van der Waals surface area contributed by atoms with Gasteiger partial charge in [-0.05, 0) is 24.8 Å². The lowest BCUT2D eigenvalue weighted by Crippen LogP contribution is -2.01. The number of hydrogen-bond donors (Lipinski definition) is 1. The lowest BCUT2D eigenvalue weighted by Gasteiger charge is -1.99. The Morgan fingerprint density at radius 1 is 1.44 bits per heavy atom. The fourth-order valence-corrected chi connectivity index (χ4v) is 2.74. The minimum atomic E-state index is -1.03. The average molecular weight is 254 g/mol. The maximum atomic E-state index is 10.9. The van der Waals surface area contributed by atoms with Gasteiger partial charge in [0.25, 0.3) is 0 Å². The molecule has 6 nitrogen and oxygen atoms in total. The van der Waals surface area contributed by atoms with E-state index in [1.807, 2.05) is 6.92 Å². The van der Waals surface area contributed by atoms with Crippen LogP contribution in [0.25, 0.3) is 0 Å². The highest BCUT2D eigenvalue weighted by molar-refractivity contribution is 8.01. The van der Waals surface area contributed by atoms with Crippen LogP contribution in [0.15, 0.2) is 21.6 Å². The zero-order valence-electron chi connectivity index (χ0n) is 8.12. The fraction of sp³-hybridized carbons (Fsp3) is 0.125. The largest absolute Gasteiger partial charge is 0.478 e. The van der Waals surface area contributed by atoms with Gasteiger partial charge in [-0.2, -0.15) is 5.10 Å². The van der Waals surface area contributed by atoms with Crippen LogP contribution in [0.4, 0.5) is 0 Å². The van der Waals surface area contributed by atoms with Gasteiger partial charge in [-0.3, -0.25) is 0 Å². The number of rotatable bonds is 3. The van der Waals surface area contributed by atoms with Crippen molar-refractivity contribution in [3.63, 3.8) is 0 Å². The van der Waals surface area contributed by atoms with E-state index in [2.05, 4.69) is 20.4 Å². The van der Waals surface area contributed by atoms with Crippen molar-refractivity contribution in [2.45, 2.75) is 16.3 Å². The monoisotopic (exact) mass is 254 g/mol. The van der Waals surface area contributed by atoms with E-state index in [0.29, 0.717) is 9.37 Å². The lowest BCUT2D eigenvalue weighted by atomic mass is 10.3. The highest BCUT2D eigenvalue weighted by atomic mass is 32.2. The van der Waals surface area contributed by atoms with Gasteiger partial charge >= 0.3 is 5.97 Å². The molecule has 0 saturated heterocycles. The Balaban J connectivity index is 2.31. The van der Waals surface area contributed by atoms with Gasteiger partial charge in [0.05, 0.1) is 11.8 Å². The molecule has 0 radical (unpaired) electrons. The molecule has 16 heavy (non-hydrogen) atoms. The number of aromatic carboxylic acids is 1. The second-order valence-electron chi connectivity index (χ2n) is 2.74. The molecule has 0 saturated carbocycles. The van der Waals surface area contributed by atoms with Crippen molar-refractivity contribution in [1.29, 1.82) is 0 Å². The van der Waals surface area contributed by atoms with Crippen LogP contribution in [0.3, 0.4) is 0 Å². The van der Waals surface area contributed by atoms with Crippen molar-refractivity contribution in [3.8, 4) is 0 Å². The Hall–Kier alpha value is -1.54. The molecule has 0 amide bonds. The molecule has 2 heterocycles. The third-order valence-electron chi connectivity index (χ3n) is 1.61. The highest BCUT2D eigenvalue weighted by Gasteiger charge is 2.14. The van der Waals surface area contributed by atoms with E-state index >= 15 is 0 Å². The van der Waals surface area contributed by atoms with Gasteiger partial charge < -0.3 is 5.11 Å². The quantitative estimate of drug-likeness (QED) is 0.887. The van der Waals surface area contributed by atoms with Crippen LogP contribution >= 0.6 is 23.1 Å². The molecule has 0 aromatic carbocycles. The Kier molecular flexibility index (Phi) is 3.11. The fourth-order valence-electron chi connectivity index (χ4n) is 0.959. The SMILES string of the molecule is Cc1nnc(Sc2nnccc2C(=O)O)s1. The molecule has 2 rings (SSSR count). The Labute approximate surface area is 98.8 Å². The molecule has 0 aliphatic carbocycles. The Bertz CT molecular complexity index is 528. The molecule has 2 aromatic heterocycles. The number of hydrogen-bond acceptors (Lipinski definition) is 7. The van der Waals surface area contributed by atoms with Crippen molar-refractivity contribution in [2.75, 3.05) is 0 Å². The number of carbonyl (C=O) groups is 1. The molecule has 0 bridgehead atoms. The number of aromatic nitrogens is 4. The van der Waals surface area contributed by atoms with Crippen LogP contribution in [0.2, 0.25) is 0 Å². The van der Waals surface area contributed by atoms with E-state index < -0.39 is 5.97 Å². The molecule has 1 N–H and O–H groups in total. The van der Waals surface area contributed by atoms with Gasteiger partial charge in [-0.15, -0.1) is 15.3 Å². The number of carboxylic acids is 1. The van der Waals surface area contributed by atoms with Gasteiger partial charge in [-0.25, -0.2) is 4.79 Å². The normalized spacial score (nSPS) is 10.3. The molecule has 8 heteroatoms. The van der Waals surface area contributed by atoms with Crippen LogP contribution < -0.4 is 0 Å². The number of nitrogens with zero attached hydrogens (tertiary/aromatic N) is 4. The summed E-state index contributed by atoms with van der Waals surface area (Å²) in [6, 6.07) is 1.41. The predicted octanol–water partition coefficient (Wildman–Crippen LogP) is 1.49. The smallest absolute Gasteiger partial charge is 0.338 e. The topological polar surface area (TPSA) is 88.9 Å². The van der Waals surface area contributed by atoms with Crippen molar-refractivity contribution in [2.24, 2.45) is 0 Å². The predicted molar refractivity (Wildman–Crippen MR) is 57.8 cm³/mol.